The summed E-state index contributed by atoms with van der Waals surface area (Å²) in [4.78, 5) is 15.3. The lowest BCUT2D eigenvalue weighted by molar-refractivity contribution is -0.143. The molecule has 0 N–H and O–H groups in total. The first kappa shape index (κ1) is 12.4. The van der Waals surface area contributed by atoms with Crippen LogP contribution in [-0.2, 0) is 9.53 Å². The highest BCUT2D eigenvalue weighted by Gasteiger charge is 2.12. The molecule has 1 aromatic rings. The fraction of sp³-hybridized carbons (Fsp3) is 0.400. The van der Waals surface area contributed by atoms with Crippen molar-refractivity contribution in [3.8, 4) is 0 Å². The lowest BCUT2D eigenvalue weighted by atomic mass is 10.2. The average molecular weight is 243 g/mol. The predicted molar refractivity (Wildman–Crippen MR) is 63.7 cm³/mol. The van der Waals surface area contributed by atoms with Gasteiger partial charge in [-0.3, -0.25) is 4.79 Å². The first-order chi connectivity index (χ1) is 7.24. The Balaban J connectivity index is 2.25. The Hall–Kier alpha value is -0.680. The molecule has 1 atom stereocenters. The van der Waals surface area contributed by atoms with E-state index in [-0.39, 0.29) is 11.9 Å². The first-order valence-electron chi connectivity index (χ1n) is 4.52. The Labute approximate surface area is 97.4 Å². The third-order valence-electron chi connectivity index (χ3n) is 1.70. The van der Waals surface area contributed by atoms with Gasteiger partial charge in [0.25, 0.3) is 0 Å². The normalized spacial score (nSPS) is 12.1. The molecule has 0 amide bonds. The maximum Gasteiger partial charge on any atom is 0.309 e. The van der Waals surface area contributed by atoms with Gasteiger partial charge in [-0.2, -0.15) is 0 Å². The number of rotatable bonds is 5. The highest BCUT2D eigenvalue weighted by atomic mass is 33.1. The molecule has 0 aromatic carbocycles. The second kappa shape index (κ2) is 6.74. The number of ether oxygens (including phenoxy) is 1. The zero-order chi connectivity index (χ0) is 11.1. The quantitative estimate of drug-likeness (QED) is 0.587. The Bertz CT molecular complexity index is 306. The van der Waals surface area contributed by atoms with E-state index in [0.717, 1.165) is 10.8 Å². The van der Waals surface area contributed by atoms with Crippen molar-refractivity contribution < 1.29 is 9.53 Å². The minimum Gasteiger partial charge on any atom is -0.469 e. The third-order valence-corrected chi connectivity index (χ3v) is 4.14. The molecule has 1 unspecified atom stereocenters. The van der Waals surface area contributed by atoms with E-state index in [4.69, 9.17) is 0 Å². The van der Waals surface area contributed by atoms with Gasteiger partial charge in [0, 0.05) is 11.9 Å². The molecule has 15 heavy (non-hydrogen) atoms. The Kier molecular flexibility index (Phi) is 5.57. The van der Waals surface area contributed by atoms with Crippen molar-refractivity contribution in [2.24, 2.45) is 5.92 Å². The molecule has 5 heteroatoms. The summed E-state index contributed by atoms with van der Waals surface area (Å²) in [5.41, 5.74) is 0. The standard InChI is InChI=1S/C10H13NO2S2/c1-8(10(12)13-2)7-14-15-9-5-3-4-6-11-9/h3-6,8H,7H2,1-2H3. The van der Waals surface area contributed by atoms with Crippen LogP contribution in [0.25, 0.3) is 0 Å². The van der Waals surface area contributed by atoms with Gasteiger partial charge >= 0.3 is 5.97 Å². The predicted octanol–water partition coefficient (Wildman–Crippen LogP) is 2.63. The number of carbonyl (C=O) groups excluding carboxylic acids is 1. The van der Waals surface area contributed by atoms with Crippen molar-refractivity contribution in [2.75, 3.05) is 12.9 Å². The van der Waals surface area contributed by atoms with Crippen LogP contribution in [0, 0.1) is 5.92 Å². The van der Waals surface area contributed by atoms with Crippen LogP contribution in [0.4, 0.5) is 0 Å². The Morgan fingerprint density at radius 3 is 3.00 bits per heavy atom. The van der Waals surface area contributed by atoms with Crippen LogP contribution in [0.5, 0.6) is 0 Å². The van der Waals surface area contributed by atoms with Crippen LogP contribution in [0.15, 0.2) is 29.4 Å². The molecule has 1 heterocycles. The largest absolute Gasteiger partial charge is 0.469 e. The topological polar surface area (TPSA) is 39.2 Å². The van der Waals surface area contributed by atoms with E-state index in [1.807, 2.05) is 25.1 Å². The zero-order valence-electron chi connectivity index (χ0n) is 8.67. The minimum atomic E-state index is -0.163. The van der Waals surface area contributed by atoms with Crippen LogP contribution in [0.3, 0.4) is 0 Å². The number of nitrogens with zero attached hydrogens (tertiary/aromatic N) is 1. The van der Waals surface area contributed by atoms with Crippen LogP contribution in [0.1, 0.15) is 6.92 Å². The van der Waals surface area contributed by atoms with E-state index in [1.54, 1.807) is 27.8 Å². The van der Waals surface area contributed by atoms with Gasteiger partial charge in [0.2, 0.25) is 0 Å². The summed E-state index contributed by atoms with van der Waals surface area (Å²) in [6.45, 7) is 1.86. The van der Waals surface area contributed by atoms with Crippen LogP contribution in [0.2, 0.25) is 0 Å². The van der Waals surface area contributed by atoms with Crippen molar-refractivity contribution in [1.29, 1.82) is 0 Å². The summed E-state index contributed by atoms with van der Waals surface area (Å²) >= 11 is 0. The first-order valence-corrected chi connectivity index (χ1v) is 6.84. The molecule has 3 nitrogen and oxygen atoms in total. The molecular formula is C10H13NO2S2. The average Bonchev–Trinajstić information content (AvgIpc) is 2.29. The molecule has 0 aliphatic rings. The van der Waals surface area contributed by atoms with E-state index in [0.29, 0.717) is 0 Å². The van der Waals surface area contributed by atoms with Gasteiger partial charge in [0.15, 0.2) is 0 Å². The van der Waals surface area contributed by atoms with E-state index >= 15 is 0 Å². The maximum atomic E-state index is 11.1. The maximum absolute atomic E-state index is 11.1. The van der Waals surface area contributed by atoms with Crippen LogP contribution < -0.4 is 0 Å². The van der Waals surface area contributed by atoms with Crippen molar-refractivity contribution in [3.05, 3.63) is 24.4 Å². The molecule has 1 aromatic heterocycles. The molecule has 0 fully saturated rings. The summed E-state index contributed by atoms with van der Waals surface area (Å²) in [7, 11) is 4.60. The summed E-state index contributed by atoms with van der Waals surface area (Å²) in [5, 5.41) is 0.958. The molecule has 1 rings (SSSR count). The van der Waals surface area contributed by atoms with E-state index in [2.05, 4.69) is 9.72 Å². The molecule has 0 radical (unpaired) electrons. The van der Waals surface area contributed by atoms with Crippen molar-refractivity contribution >= 4 is 27.6 Å². The second-order valence-corrected chi connectivity index (χ2v) is 5.32. The lowest BCUT2D eigenvalue weighted by Crippen LogP contribution is -2.14. The fourth-order valence-corrected chi connectivity index (χ4v) is 3.10. The number of carbonyl (C=O) groups is 1. The lowest BCUT2D eigenvalue weighted by Gasteiger charge is -2.07. The Morgan fingerprint density at radius 2 is 2.40 bits per heavy atom. The molecule has 0 saturated carbocycles. The highest BCUT2D eigenvalue weighted by molar-refractivity contribution is 8.76. The number of aromatic nitrogens is 1. The molecule has 0 bridgehead atoms. The summed E-state index contributed by atoms with van der Waals surface area (Å²) < 4.78 is 4.64. The van der Waals surface area contributed by atoms with Crippen molar-refractivity contribution in [3.63, 3.8) is 0 Å². The number of hydrogen-bond acceptors (Lipinski definition) is 5. The zero-order valence-corrected chi connectivity index (χ0v) is 10.3. The van der Waals surface area contributed by atoms with Gasteiger partial charge in [-0.05, 0) is 22.9 Å². The van der Waals surface area contributed by atoms with Crippen LogP contribution >= 0.6 is 21.6 Å². The van der Waals surface area contributed by atoms with Gasteiger partial charge in [-0.15, -0.1) is 0 Å². The van der Waals surface area contributed by atoms with E-state index in [9.17, 15) is 4.79 Å². The minimum absolute atomic E-state index is 0.0730. The number of hydrogen-bond donors (Lipinski definition) is 0. The SMILES string of the molecule is COC(=O)C(C)CSSc1ccccn1. The van der Waals surface area contributed by atoms with Gasteiger partial charge in [0.1, 0.15) is 5.03 Å². The van der Waals surface area contributed by atoms with Gasteiger partial charge < -0.3 is 4.74 Å². The number of esters is 1. The van der Waals surface area contributed by atoms with Gasteiger partial charge in [-0.1, -0.05) is 23.8 Å². The Morgan fingerprint density at radius 1 is 1.60 bits per heavy atom. The molecule has 0 aliphatic carbocycles. The molecule has 0 spiro atoms. The van der Waals surface area contributed by atoms with Crippen molar-refractivity contribution in [1.82, 2.24) is 4.98 Å². The molecular weight excluding hydrogens is 230 g/mol. The molecule has 0 aliphatic heterocycles. The van der Waals surface area contributed by atoms with E-state index in [1.165, 1.54) is 7.11 Å². The number of pyridine rings is 1. The summed E-state index contributed by atoms with van der Waals surface area (Å²) in [6.07, 6.45) is 1.76. The van der Waals surface area contributed by atoms with Gasteiger partial charge in [0.05, 0.1) is 13.0 Å². The van der Waals surface area contributed by atoms with Crippen molar-refractivity contribution in [2.45, 2.75) is 11.9 Å². The van der Waals surface area contributed by atoms with Gasteiger partial charge in [-0.25, -0.2) is 4.98 Å². The highest BCUT2D eigenvalue weighted by Crippen LogP contribution is 2.30. The van der Waals surface area contributed by atoms with Crippen LogP contribution in [-0.4, -0.2) is 23.8 Å². The third kappa shape index (κ3) is 4.57. The summed E-state index contributed by atoms with van der Waals surface area (Å²) in [6, 6.07) is 5.77. The monoisotopic (exact) mass is 243 g/mol. The molecule has 82 valence electrons. The number of methoxy groups -OCH3 is 1. The smallest absolute Gasteiger partial charge is 0.309 e. The molecule has 0 saturated heterocycles. The summed E-state index contributed by atoms with van der Waals surface area (Å²) in [5.74, 6) is 0.494. The van der Waals surface area contributed by atoms with E-state index < -0.39 is 0 Å². The fourth-order valence-electron chi connectivity index (χ4n) is 0.862. The second-order valence-electron chi connectivity index (χ2n) is 2.96.